The smallest absolute Gasteiger partial charge is 0.276 e. The Bertz CT molecular complexity index is 1500. The Morgan fingerprint density at radius 1 is 1.12 bits per heavy atom. The van der Waals surface area contributed by atoms with Crippen LogP contribution in [0.25, 0.3) is 5.70 Å². The molecule has 0 spiro atoms. The molecule has 3 aliphatic rings. The maximum atomic E-state index is 13.3. The minimum atomic E-state index is -0.573. The van der Waals surface area contributed by atoms with E-state index < -0.39 is 6.17 Å². The fraction of sp³-hybridized carbons (Fsp3) is 0.125. The van der Waals surface area contributed by atoms with E-state index in [-0.39, 0.29) is 12.7 Å². The summed E-state index contributed by atoms with van der Waals surface area (Å²) < 4.78 is 11.9. The van der Waals surface area contributed by atoms with Gasteiger partial charge in [0.25, 0.3) is 5.91 Å². The SMILES string of the molecule is O=C1NC(SCc2ccccc2Cl)=NN2C1=c1ccccc1=NC2c1cc2c(cc1Br)OCO2. The van der Waals surface area contributed by atoms with Crippen LogP contribution in [0, 0.1) is 0 Å². The number of ether oxygens (including phenoxy) is 2. The van der Waals surface area contributed by atoms with Gasteiger partial charge in [0.1, 0.15) is 5.70 Å². The summed E-state index contributed by atoms with van der Waals surface area (Å²) in [6, 6.07) is 18.9. The number of carbonyl (C=O) groups is 1. The minimum Gasteiger partial charge on any atom is -0.454 e. The number of amides is 1. The Hall–Kier alpha value is -3.01. The molecule has 34 heavy (non-hydrogen) atoms. The van der Waals surface area contributed by atoms with Crippen LogP contribution in [-0.4, -0.2) is 22.9 Å². The van der Waals surface area contributed by atoms with E-state index in [1.807, 2.05) is 60.7 Å². The molecular weight excluding hydrogens is 540 g/mol. The van der Waals surface area contributed by atoms with Crippen LogP contribution in [0.15, 0.2) is 75.2 Å². The number of rotatable bonds is 3. The highest BCUT2D eigenvalue weighted by atomic mass is 79.9. The van der Waals surface area contributed by atoms with Crippen molar-refractivity contribution in [3.8, 4) is 11.5 Å². The van der Waals surface area contributed by atoms with E-state index in [2.05, 4.69) is 21.2 Å². The molecule has 0 radical (unpaired) electrons. The molecule has 3 heterocycles. The van der Waals surface area contributed by atoms with Gasteiger partial charge in [-0.25, -0.2) is 5.01 Å². The van der Waals surface area contributed by atoms with Crippen LogP contribution in [0.1, 0.15) is 17.3 Å². The van der Waals surface area contributed by atoms with Gasteiger partial charge in [-0.15, -0.1) is 5.10 Å². The standard InChI is InChI=1S/C24H16BrClN4O3S/c25-16-10-20-19(32-12-33-20)9-15(16)22-27-18-8-4-2-6-14(18)21-23(31)28-24(29-30(21)22)34-11-13-5-1-3-7-17(13)26/h1-10,22H,11-12H2,(H,28,29,31). The maximum Gasteiger partial charge on any atom is 0.276 e. The number of nitrogens with zero attached hydrogens (tertiary/aromatic N) is 3. The quantitative estimate of drug-likeness (QED) is 0.531. The number of hydrogen-bond donors (Lipinski definition) is 1. The first-order valence-corrected chi connectivity index (χ1v) is 12.6. The molecule has 0 aromatic heterocycles. The summed E-state index contributed by atoms with van der Waals surface area (Å²) in [7, 11) is 0. The third-order valence-corrected chi connectivity index (χ3v) is 7.58. The lowest BCUT2D eigenvalue weighted by atomic mass is 10.1. The molecule has 1 amide bonds. The van der Waals surface area contributed by atoms with Crippen molar-refractivity contribution in [2.24, 2.45) is 10.1 Å². The fourth-order valence-electron chi connectivity index (χ4n) is 3.99. The lowest BCUT2D eigenvalue weighted by molar-refractivity contribution is -0.116. The number of halogens is 2. The first-order chi connectivity index (χ1) is 16.6. The molecule has 6 rings (SSSR count). The Labute approximate surface area is 212 Å². The first-order valence-electron chi connectivity index (χ1n) is 10.4. The molecule has 0 saturated heterocycles. The van der Waals surface area contributed by atoms with Crippen LogP contribution in [-0.2, 0) is 10.5 Å². The second-order valence-electron chi connectivity index (χ2n) is 7.68. The molecule has 0 aliphatic carbocycles. The molecule has 1 atom stereocenters. The van der Waals surface area contributed by atoms with Crippen LogP contribution in [0.3, 0.4) is 0 Å². The van der Waals surface area contributed by atoms with Gasteiger partial charge in [-0.3, -0.25) is 15.1 Å². The van der Waals surface area contributed by atoms with Gasteiger partial charge in [-0.1, -0.05) is 75.7 Å². The van der Waals surface area contributed by atoms with Gasteiger partial charge in [0.15, 0.2) is 22.8 Å². The molecule has 170 valence electrons. The monoisotopic (exact) mass is 554 g/mol. The number of para-hydroxylation sites is 1. The van der Waals surface area contributed by atoms with E-state index in [0.29, 0.717) is 33.1 Å². The Morgan fingerprint density at radius 3 is 2.74 bits per heavy atom. The van der Waals surface area contributed by atoms with E-state index >= 15 is 0 Å². The summed E-state index contributed by atoms with van der Waals surface area (Å²) in [4.78, 5) is 18.3. The lowest BCUT2D eigenvalue weighted by Gasteiger charge is -2.34. The number of nitrogens with one attached hydrogen (secondary N) is 1. The van der Waals surface area contributed by atoms with Crippen LogP contribution in [0.5, 0.6) is 11.5 Å². The highest BCUT2D eigenvalue weighted by Gasteiger charge is 2.36. The van der Waals surface area contributed by atoms with Crippen molar-refractivity contribution in [3.63, 3.8) is 0 Å². The van der Waals surface area contributed by atoms with Crippen LogP contribution in [0.4, 0.5) is 0 Å². The average Bonchev–Trinajstić information content (AvgIpc) is 3.29. The summed E-state index contributed by atoms with van der Waals surface area (Å²) in [6.45, 7) is 0.167. The van der Waals surface area contributed by atoms with Crippen molar-refractivity contribution < 1.29 is 14.3 Å². The molecule has 0 fully saturated rings. The van der Waals surface area contributed by atoms with Crippen molar-refractivity contribution in [2.45, 2.75) is 11.9 Å². The van der Waals surface area contributed by atoms with Crippen molar-refractivity contribution in [1.29, 1.82) is 0 Å². The van der Waals surface area contributed by atoms with E-state index in [1.54, 1.807) is 5.01 Å². The van der Waals surface area contributed by atoms with E-state index in [9.17, 15) is 4.79 Å². The van der Waals surface area contributed by atoms with Crippen molar-refractivity contribution in [1.82, 2.24) is 10.3 Å². The predicted octanol–water partition coefficient (Wildman–Crippen LogP) is 3.91. The Kier molecular flexibility index (Phi) is 5.47. The van der Waals surface area contributed by atoms with Gasteiger partial charge < -0.3 is 9.47 Å². The molecule has 3 aromatic carbocycles. The number of amidine groups is 1. The molecule has 7 nitrogen and oxygen atoms in total. The third kappa shape index (κ3) is 3.73. The normalized spacial score (nSPS) is 18.0. The second kappa shape index (κ2) is 8.65. The van der Waals surface area contributed by atoms with Gasteiger partial charge >= 0.3 is 0 Å². The highest BCUT2D eigenvalue weighted by Crippen LogP contribution is 2.42. The Balaban J connectivity index is 1.44. The molecule has 3 aromatic rings. The van der Waals surface area contributed by atoms with Crippen molar-refractivity contribution >= 4 is 56.1 Å². The summed E-state index contributed by atoms with van der Waals surface area (Å²) in [5.41, 5.74) is 2.22. The zero-order valence-electron chi connectivity index (χ0n) is 17.5. The van der Waals surface area contributed by atoms with Crippen LogP contribution < -0.4 is 25.4 Å². The second-order valence-corrected chi connectivity index (χ2v) is 9.91. The number of hydrogen-bond acceptors (Lipinski definition) is 7. The van der Waals surface area contributed by atoms with E-state index in [0.717, 1.165) is 26.2 Å². The zero-order valence-corrected chi connectivity index (χ0v) is 20.7. The summed E-state index contributed by atoms with van der Waals surface area (Å²) >= 11 is 11.4. The topological polar surface area (TPSA) is 75.5 Å². The molecule has 3 aliphatic heterocycles. The van der Waals surface area contributed by atoms with Crippen LogP contribution in [0.2, 0.25) is 5.02 Å². The van der Waals surface area contributed by atoms with E-state index in [1.165, 1.54) is 11.8 Å². The average molecular weight is 556 g/mol. The predicted molar refractivity (Wildman–Crippen MR) is 134 cm³/mol. The molecule has 1 N–H and O–H groups in total. The Morgan fingerprint density at radius 2 is 1.88 bits per heavy atom. The first kappa shape index (κ1) is 21.5. The molecule has 10 heteroatoms. The maximum absolute atomic E-state index is 13.3. The summed E-state index contributed by atoms with van der Waals surface area (Å²) in [6.07, 6.45) is -0.573. The molecular formula is C24H16BrClN4O3S. The van der Waals surface area contributed by atoms with Gasteiger partial charge in [0, 0.05) is 26.0 Å². The fourth-order valence-corrected chi connectivity index (χ4v) is 5.65. The van der Waals surface area contributed by atoms with Crippen molar-refractivity contribution in [2.75, 3.05) is 6.79 Å². The minimum absolute atomic E-state index is 0.167. The van der Waals surface area contributed by atoms with Gasteiger partial charge in [0.05, 0.1) is 5.36 Å². The number of hydrazone groups is 1. The highest BCUT2D eigenvalue weighted by molar-refractivity contribution is 9.10. The lowest BCUT2D eigenvalue weighted by Crippen LogP contribution is -2.50. The van der Waals surface area contributed by atoms with Gasteiger partial charge in [-0.05, 0) is 29.8 Å². The number of carbonyl (C=O) groups excluding carboxylic acids is 1. The van der Waals surface area contributed by atoms with Crippen LogP contribution >= 0.6 is 39.3 Å². The van der Waals surface area contributed by atoms with E-state index in [4.69, 9.17) is 31.2 Å². The molecule has 0 bridgehead atoms. The number of thioether (sulfide) groups is 1. The summed E-state index contributed by atoms with van der Waals surface area (Å²) in [5, 5.41) is 12.0. The number of benzene rings is 3. The zero-order chi connectivity index (χ0) is 23.2. The molecule has 1 unspecified atom stereocenters. The third-order valence-electron chi connectivity index (χ3n) is 5.61. The largest absolute Gasteiger partial charge is 0.454 e. The van der Waals surface area contributed by atoms with Gasteiger partial charge in [0.2, 0.25) is 6.79 Å². The van der Waals surface area contributed by atoms with Crippen molar-refractivity contribution in [3.05, 3.63) is 91.9 Å². The summed E-state index contributed by atoms with van der Waals surface area (Å²) in [5.74, 6) is 1.62. The van der Waals surface area contributed by atoms with Gasteiger partial charge in [-0.2, -0.15) is 0 Å². The molecule has 0 saturated carbocycles. The number of fused-ring (bicyclic) bond motifs is 3.